The first-order valence-electron chi connectivity index (χ1n) is 13.6. The predicted molar refractivity (Wildman–Crippen MR) is 156 cm³/mol. The third-order valence-corrected chi connectivity index (χ3v) is 5.89. The van der Waals surface area contributed by atoms with Gasteiger partial charge in [-0.15, -0.1) is 0 Å². The minimum Gasteiger partial charge on any atom is -0.493 e. The van der Waals surface area contributed by atoms with Crippen molar-refractivity contribution in [1.29, 1.82) is 0 Å². The van der Waals surface area contributed by atoms with Crippen molar-refractivity contribution in [3.63, 3.8) is 0 Å². The number of benzene rings is 2. The van der Waals surface area contributed by atoms with Crippen molar-refractivity contribution in [2.45, 2.75) is 40.7 Å². The summed E-state index contributed by atoms with van der Waals surface area (Å²) in [6.07, 6.45) is 1.49. The van der Waals surface area contributed by atoms with Crippen molar-refractivity contribution in [2.24, 2.45) is 11.0 Å². The quantitative estimate of drug-likeness (QED) is 0.173. The van der Waals surface area contributed by atoms with Crippen LogP contribution in [0.3, 0.4) is 0 Å². The Morgan fingerprint density at radius 3 is 2.43 bits per heavy atom. The van der Waals surface area contributed by atoms with Crippen LogP contribution in [0.2, 0.25) is 0 Å². The third-order valence-electron chi connectivity index (χ3n) is 5.89. The van der Waals surface area contributed by atoms with Gasteiger partial charge in [-0.3, -0.25) is 4.79 Å². The van der Waals surface area contributed by atoms with Gasteiger partial charge in [0, 0.05) is 5.70 Å². The standard InChI is InChI=1S/C30H38N4O8/c1-7-39-25-13-20(9-11-23(25)41-16-18(3)4)15-31-34-26(35)17-42-22-12-10-21(14-24(22)38-6)28-27(29(36)40-8-2)19(5)32-30(37)33-28/h9-15,18,28H,7-8,16-17H2,1-6H3,(H,34,35)(H2,32,33,37)/b31-15-/t28-/m0/s1. The van der Waals surface area contributed by atoms with Crippen LogP contribution in [0.15, 0.2) is 52.8 Å². The molecular formula is C30H38N4O8. The zero-order valence-electron chi connectivity index (χ0n) is 24.7. The summed E-state index contributed by atoms with van der Waals surface area (Å²) in [5.41, 5.74) is 4.37. The summed E-state index contributed by atoms with van der Waals surface area (Å²) >= 11 is 0. The summed E-state index contributed by atoms with van der Waals surface area (Å²) in [5, 5.41) is 9.33. The maximum Gasteiger partial charge on any atom is 0.338 e. The number of rotatable bonds is 14. The molecule has 0 fully saturated rings. The van der Waals surface area contributed by atoms with Gasteiger partial charge >= 0.3 is 12.0 Å². The van der Waals surface area contributed by atoms with Gasteiger partial charge in [0.15, 0.2) is 29.6 Å². The molecular weight excluding hydrogens is 544 g/mol. The highest BCUT2D eigenvalue weighted by atomic mass is 16.5. The van der Waals surface area contributed by atoms with Gasteiger partial charge in [-0.25, -0.2) is 15.0 Å². The lowest BCUT2D eigenvalue weighted by Gasteiger charge is -2.28. The second kappa shape index (κ2) is 15.3. The Hall–Kier alpha value is -4.74. The maximum absolute atomic E-state index is 12.6. The molecule has 0 spiro atoms. The highest BCUT2D eigenvalue weighted by molar-refractivity contribution is 5.95. The van der Waals surface area contributed by atoms with E-state index in [2.05, 4.69) is 35.0 Å². The van der Waals surface area contributed by atoms with Crippen LogP contribution in [-0.2, 0) is 14.3 Å². The van der Waals surface area contributed by atoms with Crippen LogP contribution in [0.1, 0.15) is 51.8 Å². The number of carbonyl (C=O) groups is 3. The molecule has 226 valence electrons. The van der Waals surface area contributed by atoms with Gasteiger partial charge in [-0.05, 0) is 68.1 Å². The van der Waals surface area contributed by atoms with Crippen molar-refractivity contribution >= 4 is 24.1 Å². The minimum absolute atomic E-state index is 0.187. The van der Waals surface area contributed by atoms with Crippen molar-refractivity contribution in [2.75, 3.05) is 33.5 Å². The molecule has 3 rings (SSSR count). The van der Waals surface area contributed by atoms with Crippen molar-refractivity contribution in [1.82, 2.24) is 16.1 Å². The van der Waals surface area contributed by atoms with E-state index in [1.165, 1.54) is 13.3 Å². The molecule has 0 saturated carbocycles. The van der Waals surface area contributed by atoms with Crippen LogP contribution < -0.4 is 35.0 Å². The number of amides is 3. The SMILES string of the molecule is CCOC(=O)C1=C(C)NC(=O)N[C@H]1c1ccc(OCC(=O)N/N=C\c2ccc(OCC(C)C)c(OCC)c2)c(OC)c1. The van der Waals surface area contributed by atoms with Crippen LogP contribution in [0.5, 0.6) is 23.0 Å². The van der Waals surface area contributed by atoms with E-state index in [0.29, 0.717) is 53.2 Å². The van der Waals surface area contributed by atoms with E-state index in [9.17, 15) is 14.4 Å². The molecule has 2 aromatic carbocycles. The molecule has 2 aromatic rings. The van der Waals surface area contributed by atoms with Gasteiger partial charge in [0.1, 0.15) is 0 Å². The number of methoxy groups -OCH3 is 1. The van der Waals surface area contributed by atoms with E-state index in [4.69, 9.17) is 23.7 Å². The van der Waals surface area contributed by atoms with Crippen LogP contribution in [-0.4, -0.2) is 57.7 Å². The lowest BCUT2D eigenvalue weighted by atomic mass is 9.95. The van der Waals surface area contributed by atoms with E-state index in [1.807, 2.05) is 13.0 Å². The summed E-state index contributed by atoms with van der Waals surface area (Å²) in [4.78, 5) is 37.1. The number of hydrogen-bond donors (Lipinski definition) is 3. The molecule has 1 aliphatic rings. The molecule has 0 bridgehead atoms. The van der Waals surface area contributed by atoms with E-state index in [0.717, 1.165) is 0 Å². The Balaban J connectivity index is 1.64. The summed E-state index contributed by atoms with van der Waals surface area (Å²) in [7, 11) is 1.44. The average molecular weight is 583 g/mol. The molecule has 0 aromatic heterocycles. The van der Waals surface area contributed by atoms with Crippen molar-refractivity contribution in [3.05, 3.63) is 58.8 Å². The lowest BCUT2D eigenvalue weighted by Crippen LogP contribution is -2.45. The molecule has 1 aliphatic heterocycles. The highest BCUT2D eigenvalue weighted by Crippen LogP contribution is 2.34. The van der Waals surface area contributed by atoms with Gasteiger partial charge < -0.3 is 34.3 Å². The first-order valence-corrected chi connectivity index (χ1v) is 13.6. The highest BCUT2D eigenvalue weighted by Gasteiger charge is 2.32. The van der Waals surface area contributed by atoms with Gasteiger partial charge in [-0.1, -0.05) is 19.9 Å². The van der Waals surface area contributed by atoms with Crippen molar-refractivity contribution in [3.8, 4) is 23.0 Å². The molecule has 1 atom stereocenters. The maximum atomic E-state index is 12.6. The normalized spacial score (nSPS) is 14.7. The molecule has 3 amide bonds. The number of urea groups is 1. The molecule has 0 saturated heterocycles. The fourth-order valence-corrected chi connectivity index (χ4v) is 4.01. The molecule has 0 radical (unpaired) electrons. The molecule has 42 heavy (non-hydrogen) atoms. The van der Waals surface area contributed by atoms with Gasteiger partial charge in [0.2, 0.25) is 0 Å². The largest absolute Gasteiger partial charge is 0.493 e. The predicted octanol–water partition coefficient (Wildman–Crippen LogP) is 3.85. The average Bonchev–Trinajstić information content (AvgIpc) is 2.95. The van der Waals surface area contributed by atoms with Crippen molar-refractivity contribution < 1.29 is 38.1 Å². The smallest absolute Gasteiger partial charge is 0.338 e. The number of hydrazone groups is 1. The molecule has 1 heterocycles. The number of ether oxygens (including phenoxy) is 5. The Kier molecular flexibility index (Phi) is 11.6. The van der Waals surface area contributed by atoms with E-state index in [-0.39, 0.29) is 24.5 Å². The molecule has 3 N–H and O–H groups in total. The third kappa shape index (κ3) is 8.63. The first kappa shape index (κ1) is 31.8. The lowest BCUT2D eigenvalue weighted by molar-refractivity contribution is -0.139. The fraction of sp³-hybridized carbons (Fsp3) is 0.400. The molecule has 0 unspecified atom stereocenters. The second-order valence-corrected chi connectivity index (χ2v) is 9.63. The van der Waals surface area contributed by atoms with Gasteiger partial charge in [0.25, 0.3) is 5.91 Å². The number of allylic oxidation sites excluding steroid dienone is 1. The number of nitrogens with one attached hydrogen (secondary N) is 3. The Morgan fingerprint density at radius 2 is 1.74 bits per heavy atom. The summed E-state index contributed by atoms with van der Waals surface area (Å²) in [6.45, 7) is 10.2. The summed E-state index contributed by atoms with van der Waals surface area (Å²) in [5.74, 6) is 1.17. The Bertz CT molecular complexity index is 1340. The van der Waals surface area contributed by atoms with E-state index >= 15 is 0 Å². The van der Waals surface area contributed by atoms with Crippen LogP contribution in [0.4, 0.5) is 4.79 Å². The zero-order valence-corrected chi connectivity index (χ0v) is 24.7. The van der Waals surface area contributed by atoms with E-state index in [1.54, 1.807) is 44.2 Å². The first-order chi connectivity index (χ1) is 20.2. The monoisotopic (exact) mass is 582 g/mol. The van der Waals surface area contributed by atoms with Crippen LogP contribution in [0, 0.1) is 5.92 Å². The fourth-order valence-electron chi connectivity index (χ4n) is 4.01. The Labute approximate surface area is 245 Å². The topological polar surface area (TPSA) is 146 Å². The minimum atomic E-state index is -0.766. The number of esters is 1. The number of hydrogen-bond acceptors (Lipinski definition) is 9. The molecule has 12 heteroatoms. The number of carbonyl (C=O) groups excluding carboxylic acids is 3. The summed E-state index contributed by atoms with van der Waals surface area (Å²) in [6, 6.07) is 9.06. The van der Waals surface area contributed by atoms with Crippen LogP contribution in [0.25, 0.3) is 0 Å². The summed E-state index contributed by atoms with van der Waals surface area (Å²) < 4.78 is 27.8. The van der Waals surface area contributed by atoms with Gasteiger partial charge in [0.05, 0.1) is 44.8 Å². The molecule has 12 nitrogen and oxygen atoms in total. The van der Waals surface area contributed by atoms with Crippen LogP contribution >= 0.6 is 0 Å². The Morgan fingerprint density at radius 1 is 1.00 bits per heavy atom. The molecule has 0 aliphatic carbocycles. The van der Waals surface area contributed by atoms with Gasteiger partial charge in [-0.2, -0.15) is 5.10 Å². The van der Waals surface area contributed by atoms with E-state index < -0.39 is 23.9 Å². The number of nitrogens with zero attached hydrogens (tertiary/aromatic N) is 1. The zero-order chi connectivity index (χ0) is 30.6. The second-order valence-electron chi connectivity index (χ2n) is 9.63.